The minimum atomic E-state index is -3.54. The number of rotatable bonds is 5. The van der Waals surface area contributed by atoms with Crippen LogP contribution in [0.4, 0.5) is 11.5 Å². The van der Waals surface area contributed by atoms with Crippen LogP contribution in [0.2, 0.25) is 0 Å². The van der Waals surface area contributed by atoms with Gasteiger partial charge >= 0.3 is 0 Å². The number of carbonyl (C=O) groups is 1. The molecule has 1 aromatic heterocycles. The highest BCUT2D eigenvalue weighted by molar-refractivity contribution is 7.89. The highest BCUT2D eigenvalue weighted by Gasteiger charge is 2.30. The Labute approximate surface area is 178 Å². The molecule has 1 unspecified atom stereocenters. The lowest BCUT2D eigenvalue weighted by Gasteiger charge is -2.32. The molecule has 2 saturated heterocycles. The van der Waals surface area contributed by atoms with Crippen molar-refractivity contribution in [2.24, 2.45) is 0 Å². The third kappa shape index (κ3) is 4.34. The lowest BCUT2D eigenvalue weighted by atomic mass is 10.1. The summed E-state index contributed by atoms with van der Waals surface area (Å²) in [4.78, 5) is 19.5. The van der Waals surface area contributed by atoms with Gasteiger partial charge in [0.25, 0.3) is 5.91 Å². The molecule has 0 radical (unpaired) electrons. The summed E-state index contributed by atoms with van der Waals surface area (Å²) in [5.74, 6) is 0.632. The summed E-state index contributed by atoms with van der Waals surface area (Å²) in [5, 5.41) is 2.82. The van der Waals surface area contributed by atoms with Gasteiger partial charge in [0.05, 0.1) is 16.8 Å². The normalized spacial score (nSPS) is 20.3. The quantitative estimate of drug-likeness (QED) is 0.788. The standard InChI is InChI=1S/C22H28N4O3S/c1-17-6-2-3-15-26(17)30(28,29)20-10-7-18(8-11-20)22(27)24-19-9-12-21(23-16-19)25-13-4-5-14-25/h7-12,16-17H,2-6,13-15H2,1H3,(H,24,27). The Kier molecular flexibility index (Phi) is 6.06. The molecule has 2 aliphatic heterocycles. The molecule has 1 atom stereocenters. The van der Waals surface area contributed by atoms with Crippen molar-refractivity contribution in [3.63, 3.8) is 0 Å². The van der Waals surface area contributed by atoms with Gasteiger partial charge in [-0.3, -0.25) is 4.79 Å². The Morgan fingerprint density at radius 1 is 1.00 bits per heavy atom. The van der Waals surface area contributed by atoms with Crippen LogP contribution in [0.1, 0.15) is 49.4 Å². The summed E-state index contributed by atoms with van der Waals surface area (Å²) < 4.78 is 27.4. The number of nitrogens with one attached hydrogen (secondary N) is 1. The minimum absolute atomic E-state index is 0.00255. The molecule has 160 valence electrons. The summed E-state index contributed by atoms with van der Waals surface area (Å²) in [5.41, 5.74) is 1.02. The van der Waals surface area contributed by atoms with E-state index in [1.54, 1.807) is 22.6 Å². The van der Waals surface area contributed by atoms with E-state index in [4.69, 9.17) is 0 Å². The Morgan fingerprint density at radius 2 is 1.70 bits per heavy atom. The van der Waals surface area contributed by atoms with E-state index in [-0.39, 0.29) is 16.8 Å². The third-order valence-corrected chi connectivity index (χ3v) is 7.93. The van der Waals surface area contributed by atoms with E-state index in [1.165, 1.54) is 25.0 Å². The number of benzene rings is 1. The number of anilines is 2. The van der Waals surface area contributed by atoms with Crippen molar-refractivity contribution in [2.75, 3.05) is 29.9 Å². The van der Waals surface area contributed by atoms with Crippen LogP contribution in [-0.4, -0.2) is 49.3 Å². The molecule has 1 aromatic carbocycles. The fraction of sp³-hybridized carbons (Fsp3) is 0.455. The lowest BCUT2D eigenvalue weighted by Crippen LogP contribution is -2.41. The van der Waals surface area contributed by atoms with E-state index in [9.17, 15) is 13.2 Å². The highest BCUT2D eigenvalue weighted by atomic mass is 32.2. The number of nitrogens with zero attached hydrogens (tertiary/aromatic N) is 3. The number of hydrogen-bond acceptors (Lipinski definition) is 5. The molecule has 0 aliphatic carbocycles. The van der Waals surface area contributed by atoms with Gasteiger partial charge in [0.1, 0.15) is 5.82 Å². The maximum Gasteiger partial charge on any atom is 0.255 e. The molecule has 0 bridgehead atoms. The molecular formula is C22H28N4O3S. The second-order valence-corrected chi connectivity index (χ2v) is 9.93. The number of amides is 1. The zero-order chi connectivity index (χ0) is 21.1. The Bertz CT molecular complexity index is 984. The first-order chi connectivity index (χ1) is 14.4. The van der Waals surface area contributed by atoms with Crippen LogP contribution in [0.5, 0.6) is 0 Å². The second kappa shape index (κ2) is 8.73. The molecule has 0 saturated carbocycles. The van der Waals surface area contributed by atoms with Gasteiger partial charge in [-0.05, 0) is 69.0 Å². The first-order valence-electron chi connectivity index (χ1n) is 10.6. The van der Waals surface area contributed by atoms with Crippen LogP contribution >= 0.6 is 0 Å². The average Bonchev–Trinajstić information content (AvgIpc) is 3.29. The lowest BCUT2D eigenvalue weighted by molar-refractivity contribution is 0.102. The largest absolute Gasteiger partial charge is 0.357 e. The molecule has 30 heavy (non-hydrogen) atoms. The zero-order valence-corrected chi connectivity index (χ0v) is 18.1. The summed E-state index contributed by atoms with van der Waals surface area (Å²) in [6.07, 6.45) is 6.84. The molecule has 0 spiro atoms. The highest BCUT2D eigenvalue weighted by Crippen LogP contribution is 2.25. The summed E-state index contributed by atoms with van der Waals surface area (Å²) in [6, 6.07) is 9.90. The van der Waals surface area contributed by atoms with E-state index >= 15 is 0 Å². The van der Waals surface area contributed by atoms with E-state index < -0.39 is 10.0 Å². The molecule has 3 heterocycles. The Hall–Kier alpha value is -2.45. The molecular weight excluding hydrogens is 400 g/mol. The van der Waals surface area contributed by atoms with Gasteiger partial charge in [-0.15, -0.1) is 0 Å². The van der Waals surface area contributed by atoms with Gasteiger partial charge in [-0.1, -0.05) is 6.42 Å². The Balaban J connectivity index is 1.42. The van der Waals surface area contributed by atoms with Gasteiger partial charge in [0.2, 0.25) is 10.0 Å². The van der Waals surface area contributed by atoms with Crippen molar-refractivity contribution in [2.45, 2.75) is 50.0 Å². The predicted octanol–water partition coefficient (Wildman–Crippen LogP) is 3.50. The van der Waals surface area contributed by atoms with Gasteiger partial charge < -0.3 is 10.2 Å². The summed E-state index contributed by atoms with van der Waals surface area (Å²) >= 11 is 0. The van der Waals surface area contributed by atoms with Crippen LogP contribution in [0.15, 0.2) is 47.5 Å². The van der Waals surface area contributed by atoms with E-state index in [0.29, 0.717) is 17.8 Å². The SMILES string of the molecule is CC1CCCCN1S(=O)(=O)c1ccc(C(=O)Nc2ccc(N3CCCC3)nc2)cc1. The molecule has 8 heteroatoms. The molecule has 2 aliphatic rings. The molecule has 2 fully saturated rings. The molecule has 2 aromatic rings. The van der Waals surface area contributed by atoms with Crippen LogP contribution in [0.25, 0.3) is 0 Å². The van der Waals surface area contributed by atoms with Crippen molar-refractivity contribution < 1.29 is 13.2 Å². The van der Waals surface area contributed by atoms with Gasteiger partial charge in [-0.25, -0.2) is 13.4 Å². The number of pyridine rings is 1. The third-order valence-electron chi connectivity index (χ3n) is 5.90. The average molecular weight is 429 g/mol. The molecule has 7 nitrogen and oxygen atoms in total. The molecule has 1 N–H and O–H groups in total. The van der Waals surface area contributed by atoms with Crippen molar-refractivity contribution in [1.29, 1.82) is 0 Å². The number of carbonyl (C=O) groups excluding carboxylic acids is 1. The molecule has 1 amide bonds. The van der Waals surface area contributed by atoms with E-state index in [1.807, 2.05) is 19.1 Å². The second-order valence-electron chi connectivity index (χ2n) is 8.04. The maximum absolute atomic E-state index is 12.9. The van der Waals surface area contributed by atoms with Crippen molar-refractivity contribution in [1.82, 2.24) is 9.29 Å². The number of sulfonamides is 1. The van der Waals surface area contributed by atoms with Crippen LogP contribution in [0, 0.1) is 0 Å². The fourth-order valence-corrected chi connectivity index (χ4v) is 5.84. The minimum Gasteiger partial charge on any atom is -0.357 e. The first kappa shape index (κ1) is 20.8. The number of aromatic nitrogens is 1. The van der Waals surface area contributed by atoms with E-state index in [0.717, 1.165) is 38.2 Å². The van der Waals surface area contributed by atoms with Crippen molar-refractivity contribution >= 4 is 27.4 Å². The number of hydrogen-bond donors (Lipinski definition) is 1. The van der Waals surface area contributed by atoms with Gasteiger partial charge in [-0.2, -0.15) is 4.31 Å². The predicted molar refractivity (Wildman–Crippen MR) is 117 cm³/mol. The first-order valence-corrected chi connectivity index (χ1v) is 12.0. The van der Waals surface area contributed by atoms with Gasteiger partial charge in [0, 0.05) is 31.2 Å². The fourth-order valence-electron chi connectivity index (χ4n) is 4.14. The van der Waals surface area contributed by atoms with Crippen LogP contribution < -0.4 is 10.2 Å². The van der Waals surface area contributed by atoms with Crippen molar-refractivity contribution in [3.8, 4) is 0 Å². The Morgan fingerprint density at radius 3 is 2.33 bits per heavy atom. The number of piperidine rings is 1. The van der Waals surface area contributed by atoms with Crippen LogP contribution in [0.3, 0.4) is 0 Å². The van der Waals surface area contributed by atoms with Gasteiger partial charge in [0.15, 0.2) is 0 Å². The van der Waals surface area contributed by atoms with Crippen molar-refractivity contribution in [3.05, 3.63) is 48.2 Å². The monoisotopic (exact) mass is 428 g/mol. The van der Waals surface area contributed by atoms with E-state index in [2.05, 4.69) is 15.2 Å². The zero-order valence-electron chi connectivity index (χ0n) is 17.3. The molecule has 4 rings (SSSR count). The maximum atomic E-state index is 12.9. The summed E-state index contributed by atoms with van der Waals surface area (Å²) in [6.45, 7) is 4.53. The topological polar surface area (TPSA) is 82.6 Å². The summed E-state index contributed by atoms with van der Waals surface area (Å²) in [7, 11) is -3.54. The van der Waals surface area contributed by atoms with Crippen LogP contribution in [-0.2, 0) is 10.0 Å². The smallest absolute Gasteiger partial charge is 0.255 e.